The molecule has 27 heavy (non-hydrogen) atoms. The Kier molecular flexibility index (Phi) is 7.40. The van der Waals surface area contributed by atoms with Crippen molar-refractivity contribution in [2.45, 2.75) is 123 Å². The van der Waals surface area contributed by atoms with Crippen molar-refractivity contribution < 1.29 is 24.0 Å². The first-order valence-electron chi connectivity index (χ1n) is 9.92. The molecule has 0 aromatic carbocycles. The van der Waals surface area contributed by atoms with Gasteiger partial charge in [-0.25, -0.2) is 14.6 Å². The number of hydrogen-bond donors (Lipinski definition) is 0. The highest BCUT2D eigenvalue weighted by molar-refractivity contribution is 5.60. The molecule has 0 aromatic rings. The first kappa shape index (κ1) is 24.2. The van der Waals surface area contributed by atoms with Gasteiger partial charge < -0.3 is 9.47 Å². The number of piperidine rings is 1. The molecule has 1 rings (SSSR count). The average molecular weight is 388 g/mol. The van der Waals surface area contributed by atoms with E-state index < -0.39 is 17.4 Å². The smallest absolute Gasteiger partial charge is 0.431 e. The Balaban J connectivity index is 2.54. The maximum atomic E-state index is 12.3. The number of nitrogens with zero attached hydrogens (tertiary/aromatic N) is 1. The summed E-state index contributed by atoms with van der Waals surface area (Å²) in [6.07, 6.45) is 0.955. The first-order valence-corrected chi connectivity index (χ1v) is 9.92. The van der Waals surface area contributed by atoms with Crippen molar-refractivity contribution in [2.24, 2.45) is 0 Å². The molecular weight excluding hydrogens is 346 g/mol. The summed E-state index contributed by atoms with van der Waals surface area (Å²) in [4.78, 5) is 25.6. The first-order chi connectivity index (χ1) is 11.9. The summed E-state index contributed by atoms with van der Waals surface area (Å²) >= 11 is 0. The molecule has 1 saturated heterocycles. The molecule has 0 aliphatic carbocycles. The van der Waals surface area contributed by atoms with Crippen LogP contribution in [0.1, 0.15) is 88.5 Å². The van der Waals surface area contributed by atoms with Gasteiger partial charge in [-0.3, -0.25) is 4.90 Å². The summed E-state index contributed by atoms with van der Waals surface area (Å²) in [6, 6.07) is 0. The van der Waals surface area contributed by atoms with Crippen LogP contribution in [0.2, 0.25) is 0 Å². The highest BCUT2D eigenvalue weighted by Crippen LogP contribution is 2.38. The van der Waals surface area contributed by atoms with Crippen LogP contribution in [-0.2, 0) is 19.2 Å². The van der Waals surface area contributed by atoms with Crippen molar-refractivity contribution in [3.05, 3.63) is 0 Å². The van der Waals surface area contributed by atoms with Gasteiger partial charge in [0.05, 0.1) is 5.60 Å². The summed E-state index contributed by atoms with van der Waals surface area (Å²) in [5, 5.41) is 0. The van der Waals surface area contributed by atoms with Crippen molar-refractivity contribution >= 4 is 6.16 Å². The lowest BCUT2D eigenvalue weighted by Crippen LogP contribution is -2.60. The Morgan fingerprint density at radius 3 is 1.96 bits per heavy atom. The molecule has 0 amide bonds. The fourth-order valence-electron chi connectivity index (χ4n) is 3.70. The van der Waals surface area contributed by atoms with Crippen LogP contribution >= 0.6 is 0 Å². The van der Waals surface area contributed by atoms with E-state index in [-0.39, 0.29) is 23.3 Å². The van der Waals surface area contributed by atoms with E-state index in [1.165, 1.54) is 0 Å². The van der Waals surface area contributed by atoms with Gasteiger partial charge in [0, 0.05) is 30.3 Å². The lowest BCUT2D eigenvalue weighted by molar-refractivity contribution is -0.399. The normalized spacial score (nSPS) is 22.3. The van der Waals surface area contributed by atoms with Crippen LogP contribution in [0.25, 0.3) is 0 Å². The molecule has 6 nitrogen and oxygen atoms in total. The van der Waals surface area contributed by atoms with Crippen molar-refractivity contribution in [2.75, 3.05) is 7.05 Å². The Hall–Kier alpha value is -0.850. The minimum absolute atomic E-state index is 0.0432. The van der Waals surface area contributed by atoms with Gasteiger partial charge in [0.2, 0.25) is 0 Å². The number of hydrogen-bond acceptors (Lipinski definition) is 6. The summed E-state index contributed by atoms with van der Waals surface area (Å²) in [6.45, 7) is 20.1. The SMILES string of the molecule is CC(CC(C)(C)OOC(C)(C)C)OC(=O)OC1CC(C)(C)N(C)C(C)(C)C1. The molecule has 1 aliphatic heterocycles. The summed E-state index contributed by atoms with van der Waals surface area (Å²) in [5.41, 5.74) is -1.06. The lowest BCUT2D eigenvalue weighted by atomic mass is 9.79. The van der Waals surface area contributed by atoms with E-state index in [4.69, 9.17) is 19.2 Å². The molecule has 0 radical (unpaired) electrons. The van der Waals surface area contributed by atoms with Crippen LogP contribution in [0.4, 0.5) is 4.79 Å². The van der Waals surface area contributed by atoms with E-state index in [0.29, 0.717) is 6.42 Å². The molecule has 1 aliphatic rings. The predicted molar refractivity (Wildman–Crippen MR) is 107 cm³/mol. The van der Waals surface area contributed by atoms with Gasteiger partial charge in [-0.05, 0) is 76.3 Å². The molecule has 1 atom stereocenters. The zero-order valence-electron chi connectivity index (χ0n) is 19.3. The van der Waals surface area contributed by atoms with E-state index in [0.717, 1.165) is 12.8 Å². The van der Waals surface area contributed by atoms with Crippen molar-refractivity contribution in [3.8, 4) is 0 Å². The number of likely N-dealkylation sites (tertiary alicyclic amines) is 1. The molecule has 160 valence electrons. The standard InChI is InChI=1S/C21H41NO5/c1-15(12-21(9,10)27-26-18(2,3)4)24-17(23)25-16-13-19(5,6)22(11)20(7,8)14-16/h15-16H,12-14H2,1-11H3. The maximum Gasteiger partial charge on any atom is 0.508 e. The third kappa shape index (κ3) is 7.96. The highest BCUT2D eigenvalue weighted by Gasteiger charge is 2.44. The zero-order chi connectivity index (χ0) is 21.3. The van der Waals surface area contributed by atoms with Crippen LogP contribution in [0, 0.1) is 0 Å². The molecule has 0 saturated carbocycles. The second-order valence-electron chi connectivity index (χ2n) is 10.8. The Morgan fingerprint density at radius 2 is 1.52 bits per heavy atom. The quantitative estimate of drug-likeness (QED) is 0.359. The van der Waals surface area contributed by atoms with E-state index in [9.17, 15) is 4.79 Å². The van der Waals surface area contributed by atoms with E-state index in [1.807, 2.05) is 41.5 Å². The molecule has 0 aromatic heterocycles. The third-order valence-corrected chi connectivity index (χ3v) is 5.13. The molecule has 1 heterocycles. The highest BCUT2D eigenvalue weighted by atomic mass is 17.2. The molecule has 0 N–H and O–H groups in total. The second kappa shape index (κ2) is 8.26. The minimum atomic E-state index is -0.615. The van der Waals surface area contributed by atoms with Gasteiger partial charge in [-0.1, -0.05) is 0 Å². The average Bonchev–Trinajstić information content (AvgIpc) is 2.40. The van der Waals surface area contributed by atoms with Crippen LogP contribution in [-0.4, -0.2) is 52.6 Å². The summed E-state index contributed by atoms with van der Waals surface area (Å²) < 4.78 is 11.1. The molecule has 6 heteroatoms. The topological polar surface area (TPSA) is 57.2 Å². The van der Waals surface area contributed by atoms with Gasteiger partial charge in [-0.15, -0.1) is 0 Å². The van der Waals surface area contributed by atoms with Crippen LogP contribution < -0.4 is 0 Å². The van der Waals surface area contributed by atoms with Gasteiger partial charge in [-0.2, -0.15) is 0 Å². The number of ether oxygens (including phenoxy) is 2. The summed E-state index contributed by atoms with van der Waals surface area (Å²) in [7, 11) is 2.12. The van der Waals surface area contributed by atoms with Gasteiger partial charge >= 0.3 is 6.16 Å². The van der Waals surface area contributed by atoms with Gasteiger partial charge in [0.15, 0.2) is 0 Å². The third-order valence-electron chi connectivity index (χ3n) is 5.13. The monoisotopic (exact) mass is 387 g/mol. The van der Waals surface area contributed by atoms with E-state index in [2.05, 4.69) is 39.6 Å². The summed E-state index contributed by atoms with van der Waals surface area (Å²) in [5.74, 6) is 0. The Morgan fingerprint density at radius 1 is 1.04 bits per heavy atom. The number of carbonyl (C=O) groups excluding carboxylic acids is 1. The molecular formula is C21H41NO5. The largest absolute Gasteiger partial charge is 0.508 e. The van der Waals surface area contributed by atoms with Crippen molar-refractivity contribution in [1.29, 1.82) is 0 Å². The molecule has 0 spiro atoms. The van der Waals surface area contributed by atoms with Crippen LogP contribution in [0.5, 0.6) is 0 Å². The maximum absolute atomic E-state index is 12.3. The molecule has 1 fully saturated rings. The Bertz CT molecular complexity index is 489. The molecule has 0 bridgehead atoms. The Labute approximate surface area is 165 Å². The predicted octanol–water partition coefficient (Wildman–Crippen LogP) is 5.09. The van der Waals surface area contributed by atoms with Crippen molar-refractivity contribution in [1.82, 2.24) is 4.90 Å². The van der Waals surface area contributed by atoms with Gasteiger partial charge in [0.25, 0.3) is 0 Å². The van der Waals surface area contributed by atoms with E-state index in [1.54, 1.807) is 0 Å². The van der Waals surface area contributed by atoms with Crippen LogP contribution in [0.3, 0.4) is 0 Å². The van der Waals surface area contributed by atoms with Crippen molar-refractivity contribution in [3.63, 3.8) is 0 Å². The number of rotatable bonds is 6. The minimum Gasteiger partial charge on any atom is -0.431 e. The van der Waals surface area contributed by atoms with E-state index >= 15 is 0 Å². The fourth-order valence-corrected chi connectivity index (χ4v) is 3.70. The van der Waals surface area contributed by atoms with Gasteiger partial charge in [0.1, 0.15) is 17.8 Å². The van der Waals surface area contributed by atoms with Crippen LogP contribution in [0.15, 0.2) is 0 Å². The molecule has 1 unspecified atom stereocenters. The number of carbonyl (C=O) groups is 1. The lowest BCUT2D eigenvalue weighted by Gasteiger charge is -2.53. The zero-order valence-corrected chi connectivity index (χ0v) is 19.3. The fraction of sp³-hybridized carbons (Fsp3) is 0.952. The second-order valence-corrected chi connectivity index (χ2v) is 10.8.